The Labute approximate surface area is 202 Å². The van der Waals surface area contributed by atoms with Gasteiger partial charge >= 0.3 is 5.97 Å². The third-order valence-corrected chi connectivity index (χ3v) is 6.03. The Morgan fingerprint density at radius 1 is 1.06 bits per heavy atom. The van der Waals surface area contributed by atoms with E-state index in [1.54, 1.807) is 36.4 Å². The Balaban J connectivity index is 1.67. The molecule has 172 valence electrons. The summed E-state index contributed by atoms with van der Waals surface area (Å²) >= 11 is 5.29. The third kappa shape index (κ3) is 4.15. The summed E-state index contributed by atoms with van der Waals surface area (Å²) in [6, 6.07) is 14.1. The SMILES string of the molecule is COC(=O)c1ccc(-c2ccc(/C=C3\C(=O)NC(=S)N(c4cccc(C)c4C)C3=O)o2)c(C)c1. The topological polar surface area (TPSA) is 88.9 Å². The van der Waals surface area contributed by atoms with Gasteiger partial charge in [-0.1, -0.05) is 18.2 Å². The number of carbonyl (C=O) groups is 3. The molecule has 2 heterocycles. The molecule has 1 aliphatic heterocycles. The second-order valence-electron chi connectivity index (χ2n) is 7.90. The molecular formula is C26H22N2O5S. The number of carbonyl (C=O) groups excluding carboxylic acids is 3. The molecule has 2 aromatic carbocycles. The van der Waals surface area contributed by atoms with Gasteiger partial charge in [0, 0.05) is 5.56 Å². The van der Waals surface area contributed by atoms with Gasteiger partial charge in [-0.2, -0.15) is 0 Å². The molecule has 0 bridgehead atoms. The van der Waals surface area contributed by atoms with Gasteiger partial charge < -0.3 is 9.15 Å². The van der Waals surface area contributed by atoms with Crippen LogP contribution in [0.15, 0.2) is 58.5 Å². The zero-order valence-corrected chi connectivity index (χ0v) is 19.9. The maximum Gasteiger partial charge on any atom is 0.337 e. The van der Waals surface area contributed by atoms with Gasteiger partial charge in [0.15, 0.2) is 5.11 Å². The van der Waals surface area contributed by atoms with E-state index in [-0.39, 0.29) is 10.7 Å². The first-order valence-electron chi connectivity index (χ1n) is 10.5. The number of ether oxygens (including phenoxy) is 1. The molecule has 4 rings (SSSR count). The first-order chi connectivity index (χ1) is 16.2. The van der Waals surface area contributed by atoms with E-state index in [0.29, 0.717) is 22.8 Å². The minimum Gasteiger partial charge on any atom is -0.465 e. The Hall–Kier alpha value is -4.04. The maximum absolute atomic E-state index is 13.3. The standard InChI is InChI=1S/C26H22N2O5S/c1-14-6-5-7-21(16(14)3)28-24(30)20(23(29)27-26(28)34)13-18-9-11-22(33-18)19-10-8-17(12-15(19)2)25(31)32-4/h5-13H,1-4H3,(H,27,29,34)/b20-13+. The van der Waals surface area contributed by atoms with Gasteiger partial charge in [-0.05, 0) is 86.1 Å². The number of rotatable bonds is 4. The summed E-state index contributed by atoms with van der Waals surface area (Å²) in [4.78, 5) is 39.0. The lowest BCUT2D eigenvalue weighted by Crippen LogP contribution is -2.54. The summed E-state index contributed by atoms with van der Waals surface area (Å²) in [6.07, 6.45) is 1.40. The van der Waals surface area contributed by atoms with Crippen LogP contribution in [0.4, 0.5) is 5.69 Å². The van der Waals surface area contributed by atoms with E-state index in [2.05, 4.69) is 5.32 Å². The molecule has 1 N–H and O–H groups in total. The average molecular weight is 475 g/mol. The number of hydrogen-bond acceptors (Lipinski definition) is 6. The highest BCUT2D eigenvalue weighted by Crippen LogP contribution is 2.30. The lowest BCUT2D eigenvalue weighted by atomic mass is 10.0. The van der Waals surface area contributed by atoms with E-state index in [1.165, 1.54) is 18.1 Å². The largest absolute Gasteiger partial charge is 0.465 e. The molecule has 8 heteroatoms. The van der Waals surface area contributed by atoms with Crippen molar-refractivity contribution in [1.82, 2.24) is 5.32 Å². The first-order valence-corrected chi connectivity index (χ1v) is 10.9. The highest BCUT2D eigenvalue weighted by atomic mass is 32.1. The van der Waals surface area contributed by atoms with Crippen molar-refractivity contribution in [3.63, 3.8) is 0 Å². The fourth-order valence-electron chi connectivity index (χ4n) is 3.76. The predicted molar refractivity (Wildman–Crippen MR) is 132 cm³/mol. The van der Waals surface area contributed by atoms with Gasteiger partial charge in [-0.3, -0.25) is 19.8 Å². The van der Waals surface area contributed by atoms with Gasteiger partial charge in [0.1, 0.15) is 17.1 Å². The Kier molecular flexibility index (Phi) is 6.17. The lowest BCUT2D eigenvalue weighted by Gasteiger charge is -2.30. The van der Waals surface area contributed by atoms with Crippen LogP contribution in [0.5, 0.6) is 0 Å². The molecule has 0 atom stereocenters. The second kappa shape index (κ2) is 9.07. The number of aryl methyl sites for hydroxylation is 2. The molecule has 3 aromatic rings. The monoisotopic (exact) mass is 474 g/mol. The van der Waals surface area contributed by atoms with E-state index < -0.39 is 17.8 Å². The van der Waals surface area contributed by atoms with E-state index in [0.717, 1.165) is 22.3 Å². The van der Waals surface area contributed by atoms with Crippen LogP contribution < -0.4 is 10.2 Å². The minimum absolute atomic E-state index is 0.0299. The molecule has 2 amide bonds. The maximum atomic E-state index is 13.3. The van der Waals surface area contributed by atoms with Gasteiger partial charge in [0.05, 0.1) is 18.4 Å². The number of nitrogens with zero attached hydrogens (tertiary/aromatic N) is 1. The lowest BCUT2D eigenvalue weighted by molar-refractivity contribution is -0.122. The van der Waals surface area contributed by atoms with Crippen molar-refractivity contribution in [2.24, 2.45) is 0 Å². The van der Waals surface area contributed by atoms with Crippen LogP contribution in [0.1, 0.15) is 32.8 Å². The van der Waals surface area contributed by atoms with Gasteiger partial charge in [0.25, 0.3) is 11.8 Å². The van der Waals surface area contributed by atoms with Crippen LogP contribution in [0.25, 0.3) is 17.4 Å². The number of thiocarbonyl (C=S) groups is 1. The molecule has 0 spiro atoms. The van der Waals surface area contributed by atoms with Crippen molar-refractivity contribution < 1.29 is 23.5 Å². The average Bonchev–Trinajstić information content (AvgIpc) is 3.27. The van der Waals surface area contributed by atoms with E-state index in [1.807, 2.05) is 32.9 Å². The predicted octanol–water partition coefficient (Wildman–Crippen LogP) is 4.49. The molecule has 1 fully saturated rings. The van der Waals surface area contributed by atoms with Gasteiger partial charge in [-0.15, -0.1) is 0 Å². The number of nitrogens with one attached hydrogen (secondary N) is 1. The molecule has 1 saturated heterocycles. The first kappa shape index (κ1) is 23.1. The Morgan fingerprint density at radius 3 is 2.53 bits per heavy atom. The van der Waals surface area contributed by atoms with Crippen LogP contribution in [0.3, 0.4) is 0 Å². The molecule has 0 aliphatic carbocycles. The van der Waals surface area contributed by atoms with Gasteiger partial charge in [0.2, 0.25) is 0 Å². The molecule has 0 unspecified atom stereocenters. The van der Waals surface area contributed by atoms with E-state index in [4.69, 9.17) is 21.4 Å². The zero-order valence-electron chi connectivity index (χ0n) is 19.1. The van der Waals surface area contributed by atoms with Crippen LogP contribution in [0, 0.1) is 20.8 Å². The Bertz CT molecular complexity index is 1390. The number of anilines is 1. The van der Waals surface area contributed by atoms with Crippen LogP contribution in [0.2, 0.25) is 0 Å². The van der Waals surface area contributed by atoms with Crippen molar-refractivity contribution in [3.8, 4) is 11.3 Å². The number of methoxy groups -OCH3 is 1. The number of benzene rings is 2. The molecule has 34 heavy (non-hydrogen) atoms. The fraction of sp³-hybridized carbons (Fsp3) is 0.154. The molecule has 7 nitrogen and oxygen atoms in total. The quantitative estimate of drug-likeness (QED) is 0.259. The van der Waals surface area contributed by atoms with Crippen molar-refractivity contribution in [2.45, 2.75) is 20.8 Å². The summed E-state index contributed by atoms with van der Waals surface area (Å²) in [5.74, 6) is -0.676. The summed E-state index contributed by atoms with van der Waals surface area (Å²) in [5, 5.41) is 2.62. The normalized spacial score (nSPS) is 15.0. The molecule has 1 aliphatic rings. The van der Waals surface area contributed by atoms with Crippen LogP contribution in [-0.2, 0) is 14.3 Å². The van der Waals surface area contributed by atoms with Gasteiger partial charge in [-0.25, -0.2) is 4.79 Å². The molecule has 0 saturated carbocycles. The van der Waals surface area contributed by atoms with Crippen LogP contribution >= 0.6 is 12.2 Å². The van der Waals surface area contributed by atoms with Crippen molar-refractivity contribution >= 4 is 46.9 Å². The Morgan fingerprint density at radius 2 is 1.82 bits per heavy atom. The molecule has 0 radical (unpaired) electrons. The second-order valence-corrected chi connectivity index (χ2v) is 8.29. The van der Waals surface area contributed by atoms with E-state index >= 15 is 0 Å². The zero-order chi connectivity index (χ0) is 24.6. The van der Waals surface area contributed by atoms with Crippen molar-refractivity contribution in [1.29, 1.82) is 0 Å². The summed E-state index contributed by atoms with van der Waals surface area (Å²) in [6.45, 7) is 5.69. The van der Waals surface area contributed by atoms with Crippen LogP contribution in [-0.4, -0.2) is 30.0 Å². The minimum atomic E-state index is -0.590. The number of furan rings is 1. The molecule has 1 aromatic heterocycles. The summed E-state index contributed by atoms with van der Waals surface area (Å²) in [5.41, 5.74) is 4.43. The summed E-state index contributed by atoms with van der Waals surface area (Å²) in [7, 11) is 1.33. The highest BCUT2D eigenvalue weighted by Gasteiger charge is 2.35. The third-order valence-electron chi connectivity index (χ3n) is 5.74. The van der Waals surface area contributed by atoms with Crippen molar-refractivity contribution in [3.05, 3.63) is 82.1 Å². The van der Waals surface area contributed by atoms with E-state index in [9.17, 15) is 14.4 Å². The fourth-order valence-corrected chi connectivity index (χ4v) is 4.03. The smallest absolute Gasteiger partial charge is 0.337 e. The number of hydrogen-bond donors (Lipinski definition) is 1. The highest BCUT2D eigenvalue weighted by molar-refractivity contribution is 7.80. The number of esters is 1. The number of amides is 2. The summed E-state index contributed by atoms with van der Waals surface area (Å²) < 4.78 is 10.7. The molecular weight excluding hydrogens is 452 g/mol. The van der Waals surface area contributed by atoms with Crippen molar-refractivity contribution in [2.75, 3.05) is 12.0 Å².